The number of nitro groups is 1. The van der Waals surface area contributed by atoms with E-state index >= 15 is 0 Å². The Labute approximate surface area is 188 Å². The number of methoxy groups -OCH3 is 1. The van der Waals surface area contributed by atoms with Gasteiger partial charge in [-0.3, -0.25) is 14.9 Å². The predicted octanol–water partition coefficient (Wildman–Crippen LogP) is 2.61. The zero-order chi connectivity index (χ0) is 23.1. The number of rotatable bonds is 9. The van der Waals surface area contributed by atoms with Gasteiger partial charge >= 0.3 is 0 Å². The van der Waals surface area contributed by atoms with Crippen molar-refractivity contribution in [2.45, 2.75) is 6.42 Å². The highest BCUT2D eigenvalue weighted by atomic mass is 16.6. The standard InChI is InChI=1S/C23H31N5O4/c1-25(2)12-6-11-24-23(29)19-17-18(28(30)31)9-10-20(19)26-13-15-27(16-14-26)21-7-4-5-8-22(21)32-3/h4-5,7-10,17H,6,11-16H2,1-3H3,(H,24,29). The van der Waals surface area contributed by atoms with Crippen molar-refractivity contribution < 1.29 is 14.5 Å². The maximum atomic E-state index is 12.9. The molecule has 1 amide bonds. The van der Waals surface area contributed by atoms with Crippen molar-refractivity contribution in [2.24, 2.45) is 0 Å². The molecule has 9 nitrogen and oxygen atoms in total. The van der Waals surface area contributed by atoms with Crippen molar-refractivity contribution in [2.75, 3.05) is 70.3 Å². The number of ether oxygens (including phenoxy) is 1. The molecule has 32 heavy (non-hydrogen) atoms. The lowest BCUT2D eigenvalue weighted by molar-refractivity contribution is -0.384. The predicted molar refractivity (Wildman–Crippen MR) is 126 cm³/mol. The van der Waals surface area contributed by atoms with Crippen LogP contribution in [0, 0.1) is 10.1 Å². The lowest BCUT2D eigenvalue weighted by Gasteiger charge is -2.38. The van der Waals surface area contributed by atoms with Crippen LogP contribution in [0.15, 0.2) is 42.5 Å². The fraction of sp³-hybridized carbons (Fsp3) is 0.435. The highest BCUT2D eigenvalue weighted by Crippen LogP contribution is 2.31. The van der Waals surface area contributed by atoms with Crippen molar-refractivity contribution >= 4 is 23.0 Å². The number of piperazine rings is 1. The first-order valence-corrected chi connectivity index (χ1v) is 10.7. The van der Waals surface area contributed by atoms with Crippen LogP contribution in [0.2, 0.25) is 0 Å². The van der Waals surface area contributed by atoms with Gasteiger partial charge in [0.05, 0.1) is 29.0 Å². The number of non-ortho nitro benzene ring substituents is 1. The van der Waals surface area contributed by atoms with Crippen LogP contribution in [-0.2, 0) is 0 Å². The van der Waals surface area contributed by atoms with E-state index in [0.717, 1.165) is 43.2 Å². The van der Waals surface area contributed by atoms with Gasteiger partial charge in [0, 0.05) is 44.9 Å². The Balaban J connectivity index is 1.74. The Morgan fingerprint density at radius 2 is 1.75 bits per heavy atom. The second kappa shape index (κ2) is 10.8. The first kappa shape index (κ1) is 23.3. The molecule has 0 bridgehead atoms. The summed E-state index contributed by atoms with van der Waals surface area (Å²) < 4.78 is 5.48. The molecule has 3 rings (SSSR count). The number of hydrogen-bond acceptors (Lipinski definition) is 7. The number of hydrogen-bond donors (Lipinski definition) is 1. The normalized spacial score (nSPS) is 13.9. The number of amides is 1. The number of nitro benzene ring substituents is 1. The molecule has 0 spiro atoms. The lowest BCUT2D eigenvalue weighted by atomic mass is 10.1. The zero-order valence-electron chi connectivity index (χ0n) is 18.9. The molecule has 0 aromatic heterocycles. The number of carbonyl (C=O) groups is 1. The molecule has 0 aliphatic carbocycles. The van der Waals surface area contributed by atoms with E-state index in [4.69, 9.17) is 4.74 Å². The molecule has 1 aliphatic heterocycles. The Morgan fingerprint density at radius 1 is 1.09 bits per heavy atom. The van der Waals surface area contributed by atoms with Gasteiger partial charge in [-0.1, -0.05) is 12.1 Å². The Morgan fingerprint density at radius 3 is 2.38 bits per heavy atom. The second-order valence-electron chi connectivity index (χ2n) is 8.02. The lowest BCUT2D eigenvalue weighted by Crippen LogP contribution is -2.47. The fourth-order valence-corrected chi connectivity index (χ4v) is 3.87. The van der Waals surface area contributed by atoms with E-state index in [1.807, 2.05) is 43.3 Å². The van der Waals surface area contributed by atoms with Crippen LogP contribution in [-0.4, -0.2) is 76.2 Å². The number of anilines is 2. The molecule has 2 aromatic carbocycles. The molecule has 1 saturated heterocycles. The van der Waals surface area contributed by atoms with Crippen LogP contribution in [0.5, 0.6) is 5.75 Å². The van der Waals surface area contributed by atoms with Gasteiger partial charge in [0.15, 0.2) is 0 Å². The largest absolute Gasteiger partial charge is 0.495 e. The molecule has 1 heterocycles. The summed E-state index contributed by atoms with van der Waals surface area (Å²) in [6.45, 7) is 4.25. The summed E-state index contributed by atoms with van der Waals surface area (Å²) in [5, 5.41) is 14.2. The minimum Gasteiger partial charge on any atom is -0.495 e. The van der Waals surface area contributed by atoms with Crippen LogP contribution < -0.4 is 19.9 Å². The number of nitrogens with one attached hydrogen (secondary N) is 1. The summed E-state index contributed by atoms with van der Waals surface area (Å²) >= 11 is 0. The van der Waals surface area contributed by atoms with Crippen LogP contribution in [0.25, 0.3) is 0 Å². The average Bonchev–Trinajstić information content (AvgIpc) is 2.81. The van der Waals surface area contributed by atoms with Gasteiger partial charge in [-0.2, -0.15) is 0 Å². The molecular weight excluding hydrogens is 410 g/mol. The third-order valence-electron chi connectivity index (χ3n) is 5.55. The first-order chi connectivity index (χ1) is 15.4. The molecule has 0 saturated carbocycles. The van der Waals surface area contributed by atoms with Crippen LogP contribution in [0.1, 0.15) is 16.8 Å². The summed E-state index contributed by atoms with van der Waals surface area (Å²) in [4.78, 5) is 30.1. The smallest absolute Gasteiger partial charge is 0.270 e. The molecule has 172 valence electrons. The molecule has 0 unspecified atom stereocenters. The zero-order valence-corrected chi connectivity index (χ0v) is 18.9. The molecular formula is C23H31N5O4. The minimum atomic E-state index is -0.466. The highest BCUT2D eigenvalue weighted by molar-refractivity contribution is 6.00. The van der Waals surface area contributed by atoms with Crippen molar-refractivity contribution in [3.8, 4) is 5.75 Å². The third-order valence-corrected chi connectivity index (χ3v) is 5.55. The van der Waals surface area contributed by atoms with Gasteiger partial charge in [-0.25, -0.2) is 0 Å². The Hall–Kier alpha value is -3.33. The van der Waals surface area contributed by atoms with Crippen LogP contribution in [0.4, 0.5) is 17.1 Å². The molecule has 9 heteroatoms. The number of benzene rings is 2. The maximum absolute atomic E-state index is 12.9. The molecule has 1 aliphatic rings. The summed E-state index contributed by atoms with van der Waals surface area (Å²) in [6, 6.07) is 12.4. The topological polar surface area (TPSA) is 91.2 Å². The third kappa shape index (κ3) is 5.67. The average molecular weight is 442 g/mol. The molecule has 2 aromatic rings. The summed E-state index contributed by atoms with van der Waals surface area (Å²) in [5.41, 5.74) is 2.02. The van der Waals surface area contributed by atoms with Gasteiger partial charge in [-0.15, -0.1) is 0 Å². The quantitative estimate of drug-likeness (QED) is 0.363. The molecule has 1 N–H and O–H groups in total. The van der Waals surface area contributed by atoms with Gasteiger partial charge in [-0.05, 0) is 45.3 Å². The highest BCUT2D eigenvalue weighted by Gasteiger charge is 2.25. The van der Waals surface area contributed by atoms with E-state index in [-0.39, 0.29) is 11.6 Å². The first-order valence-electron chi connectivity index (χ1n) is 10.7. The summed E-state index contributed by atoms with van der Waals surface area (Å²) in [6.07, 6.45) is 0.806. The van der Waals surface area contributed by atoms with E-state index in [0.29, 0.717) is 25.2 Å². The molecule has 1 fully saturated rings. The number of para-hydroxylation sites is 2. The van der Waals surface area contributed by atoms with Gasteiger partial charge in [0.1, 0.15) is 5.75 Å². The SMILES string of the molecule is COc1ccccc1N1CCN(c2ccc([N+](=O)[O-])cc2C(=O)NCCCN(C)C)CC1. The molecule has 0 atom stereocenters. The van der Waals surface area contributed by atoms with Gasteiger partial charge < -0.3 is 24.8 Å². The monoisotopic (exact) mass is 441 g/mol. The Bertz CT molecular complexity index is 942. The molecule has 0 radical (unpaired) electrons. The Kier molecular flexibility index (Phi) is 7.88. The summed E-state index contributed by atoms with van der Waals surface area (Å²) in [7, 11) is 5.62. The van der Waals surface area contributed by atoms with Crippen molar-refractivity contribution in [3.63, 3.8) is 0 Å². The van der Waals surface area contributed by atoms with E-state index in [1.54, 1.807) is 13.2 Å². The van der Waals surface area contributed by atoms with Crippen LogP contribution >= 0.6 is 0 Å². The van der Waals surface area contributed by atoms with E-state index in [2.05, 4.69) is 15.1 Å². The van der Waals surface area contributed by atoms with E-state index in [9.17, 15) is 14.9 Å². The van der Waals surface area contributed by atoms with Crippen molar-refractivity contribution in [1.82, 2.24) is 10.2 Å². The van der Waals surface area contributed by atoms with E-state index in [1.165, 1.54) is 12.1 Å². The second-order valence-corrected chi connectivity index (χ2v) is 8.02. The van der Waals surface area contributed by atoms with Crippen LogP contribution in [0.3, 0.4) is 0 Å². The van der Waals surface area contributed by atoms with E-state index < -0.39 is 4.92 Å². The number of nitrogens with zero attached hydrogens (tertiary/aromatic N) is 4. The summed E-state index contributed by atoms with van der Waals surface area (Å²) in [5.74, 6) is 0.545. The fourth-order valence-electron chi connectivity index (χ4n) is 3.87. The van der Waals surface area contributed by atoms with Gasteiger partial charge in [0.2, 0.25) is 0 Å². The maximum Gasteiger partial charge on any atom is 0.270 e. The van der Waals surface area contributed by atoms with Gasteiger partial charge in [0.25, 0.3) is 11.6 Å². The minimum absolute atomic E-state index is 0.0835. The van der Waals surface area contributed by atoms with Crippen molar-refractivity contribution in [3.05, 3.63) is 58.1 Å². The van der Waals surface area contributed by atoms with Crippen molar-refractivity contribution in [1.29, 1.82) is 0 Å². The number of carbonyl (C=O) groups excluding carboxylic acids is 1.